The van der Waals surface area contributed by atoms with Gasteiger partial charge in [0.25, 0.3) is 5.91 Å². The zero-order chi connectivity index (χ0) is 13.2. The van der Waals surface area contributed by atoms with Gasteiger partial charge in [-0.1, -0.05) is 24.6 Å². The van der Waals surface area contributed by atoms with Crippen molar-refractivity contribution < 1.29 is 9.90 Å². The summed E-state index contributed by atoms with van der Waals surface area (Å²) >= 11 is 0. The largest absolute Gasteiger partial charge is 0.393 e. The van der Waals surface area contributed by atoms with Crippen LogP contribution in [-0.4, -0.2) is 35.1 Å². The fourth-order valence-electron chi connectivity index (χ4n) is 3.36. The summed E-state index contributed by atoms with van der Waals surface area (Å²) in [6, 6.07) is 7.90. The lowest BCUT2D eigenvalue weighted by Gasteiger charge is -2.29. The van der Waals surface area contributed by atoms with Crippen molar-refractivity contribution in [1.29, 1.82) is 0 Å². The Bertz CT molecular complexity index is 472. The predicted molar refractivity (Wildman–Crippen MR) is 74.0 cm³/mol. The number of hydrogen-bond donors (Lipinski definition) is 1. The highest BCUT2D eigenvalue weighted by Crippen LogP contribution is 2.29. The number of benzene rings is 1. The minimum Gasteiger partial charge on any atom is -0.393 e. The van der Waals surface area contributed by atoms with Gasteiger partial charge in [-0.25, -0.2) is 0 Å². The van der Waals surface area contributed by atoms with Gasteiger partial charge in [-0.15, -0.1) is 0 Å². The number of amides is 1. The molecule has 1 N–H and O–H groups in total. The fourth-order valence-corrected chi connectivity index (χ4v) is 3.36. The van der Waals surface area contributed by atoms with Gasteiger partial charge in [-0.05, 0) is 43.2 Å². The van der Waals surface area contributed by atoms with Gasteiger partial charge in [-0.2, -0.15) is 0 Å². The van der Waals surface area contributed by atoms with Crippen molar-refractivity contribution in [3.8, 4) is 0 Å². The molecule has 0 spiro atoms. The Labute approximate surface area is 114 Å². The van der Waals surface area contributed by atoms with Crippen LogP contribution in [0.1, 0.15) is 41.6 Å². The van der Waals surface area contributed by atoms with E-state index in [0.29, 0.717) is 5.92 Å². The van der Waals surface area contributed by atoms with Crippen molar-refractivity contribution in [1.82, 2.24) is 4.90 Å². The number of hydrogen-bond acceptors (Lipinski definition) is 2. The Hall–Kier alpha value is -1.35. The molecule has 2 atom stereocenters. The number of carbonyl (C=O) groups excluding carboxylic acids is 1. The molecule has 19 heavy (non-hydrogen) atoms. The average Bonchev–Trinajstić information content (AvgIpc) is 2.84. The van der Waals surface area contributed by atoms with Crippen LogP contribution in [0.2, 0.25) is 0 Å². The summed E-state index contributed by atoms with van der Waals surface area (Å²) in [6.45, 7) is 1.60. The molecule has 1 fully saturated rings. The van der Waals surface area contributed by atoms with Gasteiger partial charge in [0.2, 0.25) is 0 Å². The standard InChI is InChI=1S/C16H21NO2/c18-15-7-3-5-13(15)9-11-17-10-8-12-4-1-2-6-14(12)16(17)19/h1-2,4,6,13,15,18H,3,5,7-11H2. The average molecular weight is 259 g/mol. The van der Waals surface area contributed by atoms with E-state index in [2.05, 4.69) is 0 Å². The summed E-state index contributed by atoms with van der Waals surface area (Å²) in [6.07, 6.45) is 4.92. The molecule has 2 aliphatic rings. The summed E-state index contributed by atoms with van der Waals surface area (Å²) < 4.78 is 0. The highest BCUT2D eigenvalue weighted by atomic mass is 16.3. The minimum atomic E-state index is -0.146. The van der Waals surface area contributed by atoms with Crippen LogP contribution < -0.4 is 0 Å². The summed E-state index contributed by atoms with van der Waals surface area (Å²) in [5.74, 6) is 0.555. The summed E-state index contributed by atoms with van der Waals surface area (Å²) in [7, 11) is 0. The SMILES string of the molecule is O=C1c2ccccc2CCN1CCC1CCCC1O. The van der Waals surface area contributed by atoms with E-state index in [1.807, 2.05) is 29.2 Å². The highest BCUT2D eigenvalue weighted by Gasteiger charge is 2.28. The van der Waals surface area contributed by atoms with E-state index >= 15 is 0 Å². The molecule has 1 aliphatic carbocycles. The van der Waals surface area contributed by atoms with E-state index in [1.165, 1.54) is 5.56 Å². The Balaban J connectivity index is 1.63. The van der Waals surface area contributed by atoms with Crippen molar-refractivity contribution in [2.45, 2.75) is 38.2 Å². The number of rotatable bonds is 3. The highest BCUT2D eigenvalue weighted by molar-refractivity contribution is 5.96. The van der Waals surface area contributed by atoms with Gasteiger partial charge >= 0.3 is 0 Å². The van der Waals surface area contributed by atoms with Gasteiger partial charge in [0.05, 0.1) is 6.10 Å². The first kappa shape index (κ1) is 12.7. The third-order valence-electron chi connectivity index (χ3n) is 4.57. The molecule has 1 aromatic carbocycles. The maximum absolute atomic E-state index is 12.4. The Kier molecular flexibility index (Phi) is 3.56. The van der Waals surface area contributed by atoms with Gasteiger partial charge in [0.1, 0.15) is 0 Å². The molecule has 0 bridgehead atoms. The molecular weight excluding hydrogens is 238 g/mol. The Morgan fingerprint density at radius 2 is 2.11 bits per heavy atom. The molecular formula is C16H21NO2. The van der Waals surface area contributed by atoms with Gasteiger partial charge in [-0.3, -0.25) is 4.79 Å². The topological polar surface area (TPSA) is 40.5 Å². The molecule has 0 saturated heterocycles. The maximum Gasteiger partial charge on any atom is 0.254 e. The summed E-state index contributed by atoms with van der Waals surface area (Å²) in [4.78, 5) is 14.3. The number of nitrogens with zero attached hydrogens (tertiary/aromatic N) is 1. The molecule has 1 saturated carbocycles. The quantitative estimate of drug-likeness (QED) is 0.904. The second-order valence-electron chi connectivity index (χ2n) is 5.75. The van der Waals surface area contributed by atoms with Crippen molar-refractivity contribution in [2.24, 2.45) is 5.92 Å². The van der Waals surface area contributed by atoms with Crippen LogP contribution in [0.15, 0.2) is 24.3 Å². The number of carbonyl (C=O) groups is 1. The molecule has 1 heterocycles. The fraction of sp³-hybridized carbons (Fsp3) is 0.562. The molecule has 1 aromatic rings. The molecule has 102 valence electrons. The van der Waals surface area contributed by atoms with Crippen LogP contribution in [0.5, 0.6) is 0 Å². The van der Waals surface area contributed by atoms with Crippen LogP contribution in [0, 0.1) is 5.92 Å². The van der Waals surface area contributed by atoms with E-state index in [4.69, 9.17) is 0 Å². The molecule has 3 nitrogen and oxygen atoms in total. The Morgan fingerprint density at radius 3 is 2.89 bits per heavy atom. The van der Waals surface area contributed by atoms with E-state index in [1.54, 1.807) is 0 Å². The lowest BCUT2D eigenvalue weighted by molar-refractivity contribution is 0.0698. The van der Waals surface area contributed by atoms with Crippen molar-refractivity contribution in [3.63, 3.8) is 0 Å². The van der Waals surface area contributed by atoms with Crippen molar-refractivity contribution >= 4 is 5.91 Å². The lowest BCUT2D eigenvalue weighted by atomic mass is 9.97. The number of fused-ring (bicyclic) bond motifs is 1. The van der Waals surface area contributed by atoms with Gasteiger partial charge in [0, 0.05) is 18.7 Å². The van der Waals surface area contributed by atoms with Gasteiger partial charge < -0.3 is 10.0 Å². The number of aliphatic hydroxyl groups excluding tert-OH is 1. The van der Waals surface area contributed by atoms with E-state index < -0.39 is 0 Å². The predicted octanol–water partition coefficient (Wildman–Crippen LogP) is 2.24. The lowest BCUT2D eigenvalue weighted by Crippen LogP contribution is -2.39. The van der Waals surface area contributed by atoms with Crippen LogP contribution in [-0.2, 0) is 6.42 Å². The van der Waals surface area contributed by atoms with Crippen molar-refractivity contribution in [2.75, 3.05) is 13.1 Å². The van der Waals surface area contributed by atoms with E-state index in [0.717, 1.165) is 50.8 Å². The summed E-state index contributed by atoms with van der Waals surface area (Å²) in [5, 5.41) is 9.84. The molecule has 0 radical (unpaired) electrons. The minimum absolute atomic E-state index is 0.146. The van der Waals surface area contributed by atoms with Gasteiger partial charge in [0.15, 0.2) is 0 Å². The maximum atomic E-state index is 12.4. The normalized spacial score (nSPS) is 26.6. The monoisotopic (exact) mass is 259 g/mol. The molecule has 2 unspecified atom stereocenters. The Morgan fingerprint density at radius 1 is 1.26 bits per heavy atom. The second-order valence-corrected chi connectivity index (χ2v) is 5.75. The third-order valence-corrected chi connectivity index (χ3v) is 4.57. The van der Waals surface area contributed by atoms with E-state index in [-0.39, 0.29) is 12.0 Å². The smallest absolute Gasteiger partial charge is 0.254 e. The third kappa shape index (κ3) is 2.52. The number of aliphatic hydroxyl groups is 1. The molecule has 3 heteroatoms. The molecule has 3 rings (SSSR count). The first-order valence-electron chi connectivity index (χ1n) is 7.31. The molecule has 1 amide bonds. The van der Waals surface area contributed by atoms with Crippen molar-refractivity contribution in [3.05, 3.63) is 35.4 Å². The first-order chi connectivity index (χ1) is 9.25. The van der Waals surface area contributed by atoms with Crippen LogP contribution in [0.25, 0.3) is 0 Å². The first-order valence-corrected chi connectivity index (χ1v) is 7.31. The van der Waals surface area contributed by atoms with Crippen LogP contribution in [0.3, 0.4) is 0 Å². The zero-order valence-electron chi connectivity index (χ0n) is 11.2. The second kappa shape index (κ2) is 5.33. The molecule has 0 aromatic heterocycles. The van der Waals surface area contributed by atoms with E-state index in [9.17, 15) is 9.90 Å². The van der Waals surface area contributed by atoms with Crippen LogP contribution in [0.4, 0.5) is 0 Å². The zero-order valence-corrected chi connectivity index (χ0v) is 11.2. The van der Waals surface area contributed by atoms with Crippen LogP contribution >= 0.6 is 0 Å². The molecule has 1 aliphatic heterocycles. The summed E-state index contributed by atoms with van der Waals surface area (Å²) in [5.41, 5.74) is 2.03.